The van der Waals surface area contributed by atoms with Gasteiger partial charge >= 0.3 is 5.97 Å². The standard InChI is InChI=1S/C15H16ClFO2/c1-11(16)10-19-14(18)15(7-2-3-8-15)12-5-4-6-13(17)9-12/h4-6,9H,1-3,7-8,10H2. The van der Waals surface area contributed by atoms with Crippen molar-refractivity contribution < 1.29 is 13.9 Å². The van der Waals surface area contributed by atoms with Crippen LogP contribution in [0, 0.1) is 5.82 Å². The van der Waals surface area contributed by atoms with Crippen molar-refractivity contribution in [3.63, 3.8) is 0 Å². The molecule has 0 saturated heterocycles. The molecule has 2 rings (SSSR count). The third-order valence-corrected chi connectivity index (χ3v) is 3.69. The predicted octanol–water partition coefficient (Wildman–Crippen LogP) is 3.93. The molecule has 1 aliphatic carbocycles. The zero-order valence-corrected chi connectivity index (χ0v) is 11.4. The lowest BCUT2D eigenvalue weighted by Gasteiger charge is -2.27. The number of carbonyl (C=O) groups excluding carboxylic acids is 1. The number of ether oxygens (including phenoxy) is 1. The highest BCUT2D eigenvalue weighted by molar-refractivity contribution is 6.29. The molecule has 4 heteroatoms. The van der Waals surface area contributed by atoms with E-state index in [4.69, 9.17) is 16.3 Å². The smallest absolute Gasteiger partial charge is 0.316 e. The van der Waals surface area contributed by atoms with Gasteiger partial charge in [0.15, 0.2) is 0 Å². The Morgan fingerprint density at radius 1 is 1.42 bits per heavy atom. The van der Waals surface area contributed by atoms with Gasteiger partial charge < -0.3 is 4.74 Å². The van der Waals surface area contributed by atoms with Crippen molar-refractivity contribution in [3.8, 4) is 0 Å². The van der Waals surface area contributed by atoms with Crippen molar-refractivity contribution in [3.05, 3.63) is 47.3 Å². The first-order valence-corrected chi connectivity index (χ1v) is 6.69. The zero-order chi connectivity index (χ0) is 13.9. The fourth-order valence-corrected chi connectivity index (χ4v) is 2.71. The van der Waals surface area contributed by atoms with Gasteiger partial charge in [-0.1, -0.05) is 43.2 Å². The highest BCUT2D eigenvalue weighted by Crippen LogP contribution is 2.42. The summed E-state index contributed by atoms with van der Waals surface area (Å²) in [5.41, 5.74) is -0.0378. The minimum atomic E-state index is -0.728. The molecule has 19 heavy (non-hydrogen) atoms. The largest absolute Gasteiger partial charge is 0.459 e. The molecule has 0 aliphatic heterocycles. The van der Waals surface area contributed by atoms with Crippen LogP contribution < -0.4 is 0 Å². The highest BCUT2D eigenvalue weighted by Gasteiger charge is 2.44. The first-order valence-electron chi connectivity index (χ1n) is 6.31. The highest BCUT2D eigenvalue weighted by atomic mass is 35.5. The minimum Gasteiger partial charge on any atom is -0.459 e. The van der Waals surface area contributed by atoms with E-state index < -0.39 is 5.41 Å². The SMILES string of the molecule is C=C(Cl)COC(=O)C1(c2cccc(F)c2)CCCC1. The van der Waals surface area contributed by atoms with Crippen LogP contribution in [0.25, 0.3) is 0 Å². The summed E-state index contributed by atoms with van der Waals surface area (Å²) in [6, 6.07) is 6.20. The Morgan fingerprint density at radius 3 is 2.68 bits per heavy atom. The topological polar surface area (TPSA) is 26.3 Å². The quantitative estimate of drug-likeness (QED) is 0.782. The van der Waals surface area contributed by atoms with E-state index in [0.29, 0.717) is 18.4 Å². The summed E-state index contributed by atoms with van der Waals surface area (Å²) in [5, 5.41) is 0.278. The Balaban J connectivity index is 2.27. The maximum Gasteiger partial charge on any atom is 0.316 e. The second kappa shape index (κ2) is 5.74. The molecular weight excluding hydrogens is 267 g/mol. The van der Waals surface area contributed by atoms with Gasteiger partial charge in [-0.25, -0.2) is 4.39 Å². The van der Waals surface area contributed by atoms with Crippen LogP contribution in [-0.2, 0) is 14.9 Å². The summed E-state index contributed by atoms with van der Waals surface area (Å²) in [5.74, 6) is -0.671. The lowest BCUT2D eigenvalue weighted by atomic mass is 9.79. The van der Waals surface area contributed by atoms with E-state index >= 15 is 0 Å². The second-order valence-corrected chi connectivity index (χ2v) is 5.43. The van der Waals surface area contributed by atoms with E-state index in [-0.39, 0.29) is 23.4 Å². The molecule has 0 radical (unpaired) electrons. The van der Waals surface area contributed by atoms with E-state index in [1.54, 1.807) is 12.1 Å². The van der Waals surface area contributed by atoms with E-state index in [2.05, 4.69) is 6.58 Å². The van der Waals surface area contributed by atoms with Crippen molar-refractivity contribution in [2.75, 3.05) is 6.61 Å². The van der Waals surface area contributed by atoms with Crippen molar-refractivity contribution in [1.82, 2.24) is 0 Å². The number of esters is 1. The Morgan fingerprint density at radius 2 is 2.11 bits per heavy atom. The molecule has 0 atom stereocenters. The summed E-state index contributed by atoms with van der Waals surface area (Å²) in [7, 11) is 0. The molecule has 0 spiro atoms. The van der Waals surface area contributed by atoms with Gasteiger partial charge in [-0.15, -0.1) is 0 Å². The molecule has 0 aromatic heterocycles. The van der Waals surface area contributed by atoms with Crippen LogP contribution in [0.2, 0.25) is 0 Å². The summed E-state index contributed by atoms with van der Waals surface area (Å²) < 4.78 is 18.6. The third kappa shape index (κ3) is 2.98. The first kappa shape index (κ1) is 14.1. The van der Waals surface area contributed by atoms with Crippen LogP contribution in [0.5, 0.6) is 0 Å². The summed E-state index contributed by atoms with van der Waals surface area (Å²) in [6.07, 6.45) is 3.25. The molecule has 0 heterocycles. The molecule has 0 N–H and O–H groups in total. The lowest BCUT2D eigenvalue weighted by molar-refractivity contribution is -0.149. The number of hydrogen-bond donors (Lipinski definition) is 0. The van der Waals surface area contributed by atoms with E-state index in [1.165, 1.54) is 12.1 Å². The van der Waals surface area contributed by atoms with Gasteiger partial charge in [0.05, 0.1) is 5.41 Å². The molecule has 1 aromatic rings. The van der Waals surface area contributed by atoms with Crippen molar-refractivity contribution in [2.45, 2.75) is 31.1 Å². The van der Waals surface area contributed by atoms with Crippen molar-refractivity contribution in [1.29, 1.82) is 0 Å². The van der Waals surface area contributed by atoms with Crippen LogP contribution >= 0.6 is 11.6 Å². The van der Waals surface area contributed by atoms with Gasteiger partial charge in [-0.3, -0.25) is 4.79 Å². The van der Waals surface area contributed by atoms with Crippen LogP contribution in [0.15, 0.2) is 35.9 Å². The summed E-state index contributed by atoms with van der Waals surface area (Å²) >= 11 is 5.61. The Kier molecular flexibility index (Phi) is 4.25. The molecule has 0 unspecified atom stereocenters. The molecule has 0 bridgehead atoms. The molecule has 1 fully saturated rings. The molecule has 1 saturated carbocycles. The Hall–Kier alpha value is -1.35. The van der Waals surface area contributed by atoms with Crippen molar-refractivity contribution in [2.24, 2.45) is 0 Å². The summed E-state index contributed by atoms with van der Waals surface area (Å²) in [4.78, 5) is 12.3. The molecule has 1 aliphatic rings. The predicted molar refractivity (Wildman–Crippen MR) is 72.5 cm³/mol. The van der Waals surface area contributed by atoms with Crippen LogP contribution in [0.4, 0.5) is 4.39 Å². The van der Waals surface area contributed by atoms with Crippen LogP contribution in [0.3, 0.4) is 0 Å². The molecule has 1 aromatic carbocycles. The van der Waals surface area contributed by atoms with Crippen molar-refractivity contribution >= 4 is 17.6 Å². The first-order chi connectivity index (χ1) is 9.04. The lowest BCUT2D eigenvalue weighted by Crippen LogP contribution is -2.35. The number of halogens is 2. The summed E-state index contributed by atoms with van der Waals surface area (Å²) in [6.45, 7) is 3.49. The average molecular weight is 283 g/mol. The number of benzene rings is 1. The fourth-order valence-electron chi connectivity index (χ4n) is 2.66. The van der Waals surface area contributed by atoms with Crippen LogP contribution in [0.1, 0.15) is 31.2 Å². The van der Waals surface area contributed by atoms with Gasteiger partial charge in [0.25, 0.3) is 0 Å². The van der Waals surface area contributed by atoms with E-state index in [0.717, 1.165) is 12.8 Å². The fraction of sp³-hybridized carbons (Fsp3) is 0.400. The van der Waals surface area contributed by atoms with Gasteiger partial charge in [0.2, 0.25) is 0 Å². The van der Waals surface area contributed by atoms with Gasteiger partial charge in [-0.05, 0) is 30.5 Å². The van der Waals surface area contributed by atoms with E-state index in [1.807, 2.05) is 0 Å². The number of hydrogen-bond acceptors (Lipinski definition) is 2. The third-order valence-electron chi connectivity index (χ3n) is 3.58. The second-order valence-electron chi connectivity index (χ2n) is 4.89. The van der Waals surface area contributed by atoms with Crippen LogP contribution in [-0.4, -0.2) is 12.6 Å². The monoisotopic (exact) mass is 282 g/mol. The van der Waals surface area contributed by atoms with Gasteiger partial charge in [-0.2, -0.15) is 0 Å². The van der Waals surface area contributed by atoms with Gasteiger partial charge in [0.1, 0.15) is 12.4 Å². The molecule has 2 nitrogen and oxygen atoms in total. The number of carbonyl (C=O) groups is 1. The molecule has 102 valence electrons. The van der Waals surface area contributed by atoms with Gasteiger partial charge in [0, 0.05) is 5.03 Å². The Labute approximate surface area is 117 Å². The average Bonchev–Trinajstić information content (AvgIpc) is 2.86. The number of rotatable bonds is 4. The molecular formula is C15H16ClFO2. The Bertz CT molecular complexity index is 493. The minimum absolute atomic E-state index is 0.00253. The zero-order valence-electron chi connectivity index (χ0n) is 10.6. The maximum atomic E-state index is 13.4. The normalized spacial score (nSPS) is 17.2. The van der Waals surface area contributed by atoms with E-state index in [9.17, 15) is 9.18 Å². The maximum absolute atomic E-state index is 13.4. The molecule has 0 amide bonds.